The quantitative estimate of drug-likeness (QED) is 0.515. The summed E-state index contributed by atoms with van der Waals surface area (Å²) in [7, 11) is 1.56. The summed E-state index contributed by atoms with van der Waals surface area (Å²) in [5, 5.41) is 5.13. The average Bonchev–Trinajstić information content (AvgIpc) is 2.81. The second-order valence-electron chi connectivity index (χ2n) is 6.94. The van der Waals surface area contributed by atoms with E-state index in [1.54, 1.807) is 37.4 Å². The second-order valence-corrected chi connectivity index (χ2v) is 6.94. The Morgan fingerprint density at radius 3 is 2.36 bits per heavy atom. The van der Waals surface area contributed by atoms with Crippen LogP contribution >= 0.6 is 0 Å². The minimum absolute atomic E-state index is 0.0102. The van der Waals surface area contributed by atoms with E-state index in [0.717, 1.165) is 17.7 Å². The van der Waals surface area contributed by atoms with Crippen molar-refractivity contribution in [3.63, 3.8) is 0 Å². The maximum atomic E-state index is 12.8. The summed E-state index contributed by atoms with van der Waals surface area (Å²) in [6, 6.07) is 17.8. The number of rotatable bonds is 8. The predicted octanol–water partition coefficient (Wildman–Crippen LogP) is 4.66. The molecule has 0 fully saturated rings. The van der Waals surface area contributed by atoms with E-state index in [1.807, 2.05) is 12.1 Å². The molecule has 0 aliphatic rings. The highest BCUT2D eigenvalue weighted by atomic mass is 19.4. The van der Waals surface area contributed by atoms with Crippen LogP contribution in [-0.2, 0) is 17.5 Å². The summed E-state index contributed by atoms with van der Waals surface area (Å²) < 4.78 is 49.0. The Bertz CT molecular complexity index is 1120. The summed E-state index contributed by atoms with van der Waals surface area (Å²) in [5.74, 6) is -0.196. The highest BCUT2D eigenvalue weighted by Gasteiger charge is 2.30. The molecule has 6 nitrogen and oxygen atoms in total. The fraction of sp³-hybridized carbons (Fsp3) is 0.167. The third-order valence-electron chi connectivity index (χ3n) is 4.58. The van der Waals surface area contributed by atoms with E-state index in [-0.39, 0.29) is 23.5 Å². The van der Waals surface area contributed by atoms with Gasteiger partial charge >= 0.3 is 6.18 Å². The topological polar surface area (TPSA) is 76.7 Å². The minimum Gasteiger partial charge on any atom is -0.497 e. The summed E-state index contributed by atoms with van der Waals surface area (Å²) in [6.07, 6.45) is -4.52. The summed E-state index contributed by atoms with van der Waals surface area (Å²) in [6.45, 7) is -0.216. The third-order valence-corrected chi connectivity index (χ3v) is 4.58. The number of anilines is 1. The molecule has 0 heterocycles. The van der Waals surface area contributed by atoms with Crippen LogP contribution < -0.4 is 20.1 Å². The molecular weight excluding hydrogens is 437 g/mol. The van der Waals surface area contributed by atoms with Crippen molar-refractivity contribution < 1.29 is 32.2 Å². The molecule has 3 aromatic carbocycles. The molecule has 33 heavy (non-hydrogen) atoms. The summed E-state index contributed by atoms with van der Waals surface area (Å²) >= 11 is 0. The van der Waals surface area contributed by atoms with Gasteiger partial charge in [0.1, 0.15) is 11.5 Å². The fourth-order valence-corrected chi connectivity index (χ4v) is 2.91. The number of amides is 2. The maximum absolute atomic E-state index is 12.8. The fourth-order valence-electron chi connectivity index (χ4n) is 2.91. The Kier molecular flexibility index (Phi) is 7.55. The van der Waals surface area contributed by atoms with Crippen LogP contribution in [0, 0.1) is 0 Å². The van der Waals surface area contributed by atoms with Crippen LogP contribution in [0.4, 0.5) is 18.9 Å². The van der Waals surface area contributed by atoms with Gasteiger partial charge in [-0.3, -0.25) is 9.59 Å². The van der Waals surface area contributed by atoms with Crippen LogP contribution in [0.2, 0.25) is 0 Å². The van der Waals surface area contributed by atoms with Crippen molar-refractivity contribution in [2.24, 2.45) is 0 Å². The predicted molar refractivity (Wildman–Crippen MR) is 116 cm³/mol. The van der Waals surface area contributed by atoms with Crippen molar-refractivity contribution >= 4 is 17.5 Å². The second kappa shape index (κ2) is 10.5. The molecule has 0 saturated carbocycles. The molecule has 0 radical (unpaired) electrons. The molecule has 0 aromatic heterocycles. The molecule has 3 aromatic rings. The van der Waals surface area contributed by atoms with Crippen molar-refractivity contribution in [3.05, 3.63) is 89.5 Å². The van der Waals surface area contributed by atoms with Crippen molar-refractivity contribution in [2.75, 3.05) is 19.0 Å². The van der Waals surface area contributed by atoms with Crippen LogP contribution in [0.5, 0.6) is 11.5 Å². The number of carbonyl (C=O) groups is 2. The molecule has 0 spiro atoms. The van der Waals surface area contributed by atoms with Gasteiger partial charge in [-0.1, -0.05) is 30.3 Å². The minimum atomic E-state index is -4.52. The molecule has 0 aliphatic heterocycles. The van der Waals surface area contributed by atoms with Gasteiger partial charge in [0, 0.05) is 12.2 Å². The Hall–Kier alpha value is -4.01. The number of hydrogen-bond acceptors (Lipinski definition) is 4. The third kappa shape index (κ3) is 6.73. The van der Waals surface area contributed by atoms with E-state index < -0.39 is 30.2 Å². The van der Waals surface area contributed by atoms with Gasteiger partial charge in [-0.15, -0.1) is 0 Å². The van der Waals surface area contributed by atoms with Crippen molar-refractivity contribution in [2.45, 2.75) is 12.7 Å². The molecule has 0 unspecified atom stereocenters. The molecule has 0 bridgehead atoms. The van der Waals surface area contributed by atoms with Crippen LogP contribution in [0.25, 0.3) is 0 Å². The first-order valence-corrected chi connectivity index (χ1v) is 9.86. The van der Waals surface area contributed by atoms with Gasteiger partial charge in [-0.25, -0.2) is 0 Å². The lowest BCUT2D eigenvalue weighted by atomic mass is 10.1. The van der Waals surface area contributed by atoms with E-state index in [4.69, 9.17) is 9.47 Å². The number of para-hydroxylation sites is 1. The number of carbonyl (C=O) groups excluding carboxylic acids is 2. The van der Waals surface area contributed by atoms with E-state index in [1.165, 1.54) is 18.2 Å². The van der Waals surface area contributed by atoms with Crippen LogP contribution in [-0.4, -0.2) is 25.5 Å². The Labute approximate surface area is 188 Å². The average molecular weight is 458 g/mol. The van der Waals surface area contributed by atoms with Crippen LogP contribution in [0.3, 0.4) is 0 Å². The highest BCUT2D eigenvalue weighted by molar-refractivity contribution is 5.97. The SMILES string of the molecule is COc1ccc(CNC(=O)c2ccccc2OCC(=O)Nc2cccc(C(F)(F)F)c2)cc1. The number of ether oxygens (including phenoxy) is 2. The van der Waals surface area contributed by atoms with Gasteiger partial charge in [-0.2, -0.15) is 13.2 Å². The molecule has 0 atom stereocenters. The summed E-state index contributed by atoms with van der Waals surface area (Å²) in [4.78, 5) is 24.8. The zero-order chi connectivity index (χ0) is 23.8. The number of benzene rings is 3. The largest absolute Gasteiger partial charge is 0.497 e. The Balaban J connectivity index is 1.58. The maximum Gasteiger partial charge on any atom is 0.416 e. The van der Waals surface area contributed by atoms with Crippen molar-refractivity contribution in [1.29, 1.82) is 0 Å². The Morgan fingerprint density at radius 1 is 0.939 bits per heavy atom. The molecule has 172 valence electrons. The van der Waals surface area contributed by atoms with E-state index in [0.29, 0.717) is 5.75 Å². The van der Waals surface area contributed by atoms with Gasteiger partial charge in [0.2, 0.25) is 0 Å². The number of nitrogens with one attached hydrogen (secondary N) is 2. The standard InChI is InChI=1S/C24H21F3N2O4/c1-32-19-11-9-16(10-12-19)14-28-23(31)20-7-2-3-8-21(20)33-15-22(30)29-18-6-4-5-17(13-18)24(25,26)27/h2-13H,14-15H2,1H3,(H,28,31)(H,29,30). The number of alkyl halides is 3. The number of methoxy groups -OCH3 is 1. The molecule has 2 N–H and O–H groups in total. The number of halogens is 3. The van der Waals surface area contributed by atoms with Gasteiger partial charge < -0.3 is 20.1 Å². The van der Waals surface area contributed by atoms with Crippen LogP contribution in [0.15, 0.2) is 72.8 Å². The summed E-state index contributed by atoms with van der Waals surface area (Å²) in [5.41, 5.74) is 0.199. The van der Waals surface area contributed by atoms with Crippen molar-refractivity contribution in [1.82, 2.24) is 5.32 Å². The van der Waals surface area contributed by atoms with E-state index >= 15 is 0 Å². The van der Waals surface area contributed by atoms with E-state index in [9.17, 15) is 22.8 Å². The lowest BCUT2D eigenvalue weighted by molar-refractivity contribution is -0.137. The van der Waals surface area contributed by atoms with Gasteiger partial charge in [0.15, 0.2) is 6.61 Å². The van der Waals surface area contributed by atoms with Crippen LogP contribution in [0.1, 0.15) is 21.5 Å². The normalized spacial score (nSPS) is 10.9. The molecular formula is C24H21F3N2O4. The molecule has 9 heteroatoms. The lowest BCUT2D eigenvalue weighted by Crippen LogP contribution is -2.25. The van der Waals surface area contributed by atoms with Gasteiger partial charge in [-0.05, 0) is 48.0 Å². The number of hydrogen-bond donors (Lipinski definition) is 2. The smallest absolute Gasteiger partial charge is 0.416 e. The van der Waals surface area contributed by atoms with Gasteiger partial charge in [0.05, 0.1) is 18.2 Å². The highest BCUT2D eigenvalue weighted by Crippen LogP contribution is 2.30. The van der Waals surface area contributed by atoms with Gasteiger partial charge in [0.25, 0.3) is 11.8 Å². The zero-order valence-electron chi connectivity index (χ0n) is 17.6. The monoisotopic (exact) mass is 458 g/mol. The first kappa shape index (κ1) is 23.6. The van der Waals surface area contributed by atoms with Crippen molar-refractivity contribution in [3.8, 4) is 11.5 Å². The molecule has 0 saturated heterocycles. The zero-order valence-corrected chi connectivity index (χ0v) is 17.6. The van der Waals surface area contributed by atoms with E-state index in [2.05, 4.69) is 10.6 Å². The lowest BCUT2D eigenvalue weighted by Gasteiger charge is -2.13. The molecule has 0 aliphatic carbocycles. The first-order valence-electron chi connectivity index (χ1n) is 9.86. The molecule has 3 rings (SSSR count). The Morgan fingerprint density at radius 2 is 1.67 bits per heavy atom. The molecule has 2 amide bonds. The first-order chi connectivity index (χ1) is 15.8.